The molecule has 0 saturated heterocycles. The van der Waals surface area contributed by atoms with Crippen LogP contribution in [0.5, 0.6) is 17.2 Å². The van der Waals surface area contributed by atoms with Gasteiger partial charge in [-0.25, -0.2) is 4.98 Å². The summed E-state index contributed by atoms with van der Waals surface area (Å²) in [5, 5.41) is 0.587. The third-order valence-corrected chi connectivity index (χ3v) is 4.29. The zero-order chi connectivity index (χ0) is 19.6. The fraction of sp³-hybridized carbons (Fsp3) is 0.158. The fourth-order valence-electron chi connectivity index (χ4n) is 2.73. The molecule has 0 aliphatic heterocycles. The van der Waals surface area contributed by atoms with Crippen molar-refractivity contribution in [2.45, 2.75) is 0 Å². The molecule has 0 bridgehead atoms. The molecule has 1 heterocycles. The Morgan fingerprint density at radius 3 is 2.15 bits per heavy atom. The van der Waals surface area contributed by atoms with Crippen LogP contribution in [0.3, 0.4) is 0 Å². The lowest BCUT2D eigenvalue weighted by Crippen LogP contribution is -2.11. The molecule has 0 fully saturated rings. The summed E-state index contributed by atoms with van der Waals surface area (Å²) in [4.78, 5) is 17.3. The molecule has 3 rings (SSSR count). The van der Waals surface area contributed by atoms with Crippen molar-refractivity contribution in [3.8, 4) is 22.9 Å². The topological polar surface area (TPSA) is 88.6 Å². The van der Waals surface area contributed by atoms with Gasteiger partial charge >= 0.3 is 0 Å². The molecule has 0 spiro atoms. The van der Waals surface area contributed by atoms with E-state index < -0.39 is 0 Å². The van der Waals surface area contributed by atoms with Crippen molar-refractivity contribution in [1.29, 1.82) is 0 Å². The Balaban J connectivity index is 2.12. The van der Waals surface area contributed by atoms with E-state index in [0.717, 1.165) is 0 Å². The zero-order valence-electron chi connectivity index (χ0n) is 15.0. The Bertz CT molecular complexity index is 958. The second kappa shape index (κ2) is 7.59. The maximum Gasteiger partial charge on any atom is 0.213 e. The van der Waals surface area contributed by atoms with Gasteiger partial charge in [0.1, 0.15) is 12.0 Å². The number of hydrogen-bond acceptors (Lipinski definition) is 6. The highest BCUT2D eigenvalue weighted by Crippen LogP contribution is 2.39. The van der Waals surface area contributed by atoms with Crippen LogP contribution in [0.2, 0.25) is 5.02 Å². The molecule has 1 aromatic heterocycles. The summed E-state index contributed by atoms with van der Waals surface area (Å²) in [6.07, 6.45) is 1.49. The molecule has 8 heteroatoms. The van der Waals surface area contributed by atoms with Gasteiger partial charge in [0.05, 0.1) is 21.3 Å². The van der Waals surface area contributed by atoms with Gasteiger partial charge < -0.3 is 19.9 Å². The van der Waals surface area contributed by atoms with Gasteiger partial charge in [-0.2, -0.15) is 0 Å². The normalized spacial score (nSPS) is 10.5. The monoisotopic (exact) mass is 387 g/mol. The molecule has 0 amide bonds. The van der Waals surface area contributed by atoms with E-state index in [1.807, 2.05) is 0 Å². The van der Waals surface area contributed by atoms with Crippen LogP contribution in [0.1, 0.15) is 16.1 Å². The number of carbonyl (C=O) groups is 1. The van der Waals surface area contributed by atoms with E-state index in [1.165, 1.54) is 27.7 Å². The van der Waals surface area contributed by atoms with E-state index in [4.69, 9.17) is 31.5 Å². The largest absolute Gasteiger partial charge is 0.493 e. The molecule has 2 aromatic carbocycles. The summed E-state index contributed by atoms with van der Waals surface area (Å²) in [7, 11) is 4.46. The predicted octanol–water partition coefficient (Wildman–Crippen LogP) is 3.36. The number of halogens is 1. The van der Waals surface area contributed by atoms with Crippen LogP contribution in [0.4, 0.5) is 5.82 Å². The standard InChI is InChI=1S/C19H18ClN3O4/c1-25-14-8-11(9-15(26-2)18(14)27-3)17(24)16-19(21)22-10-23(16)13-6-4-12(20)5-7-13/h4-10H,21H2,1-3H3. The van der Waals surface area contributed by atoms with Crippen molar-refractivity contribution in [3.05, 3.63) is 59.0 Å². The number of nitrogens with two attached hydrogens (primary N) is 1. The Morgan fingerprint density at radius 2 is 1.63 bits per heavy atom. The highest BCUT2D eigenvalue weighted by molar-refractivity contribution is 6.30. The first-order valence-corrected chi connectivity index (χ1v) is 8.31. The van der Waals surface area contributed by atoms with Gasteiger partial charge in [-0.15, -0.1) is 0 Å². The number of ketones is 1. The van der Waals surface area contributed by atoms with Crippen LogP contribution in [0, 0.1) is 0 Å². The van der Waals surface area contributed by atoms with Crippen LogP contribution in [0.15, 0.2) is 42.7 Å². The van der Waals surface area contributed by atoms with Crippen LogP contribution in [0.25, 0.3) is 5.69 Å². The summed E-state index contributed by atoms with van der Waals surface area (Å²) in [5.41, 5.74) is 7.24. The summed E-state index contributed by atoms with van der Waals surface area (Å²) in [5.74, 6) is 0.922. The number of nitrogen functional groups attached to an aromatic ring is 1. The van der Waals surface area contributed by atoms with Gasteiger partial charge in [0.15, 0.2) is 17.3 Å². The van der Waals surface area contributed by atoms with Crippen LogP contribution < -0.4 is 19.9 Å². The first-order chi connectivity index (χ1) is 13.0. The number of nitrogens with zero attached hydrogens (tertiary/aromatic N) is 2. The number of aromatic nitrogens is 2. The number of carbonyl (C=O) groups excluding carboxylic acids is 1. The molecule has 0 unspecified atom stereocenters. The van der Waals surface area contributed by atoms with Crippen molar-refractivity contribution >= 4 is 23.2 Å². The molecule has 2 N–H and O–H groups in total. The molecule has 0 aliphatic rings. The Morgan fingerprint density at radius 1 is 1.04 bits per heavy atom. The fourth-order valence-corrected chi connectivity index (χ4v) is 2.86. The van der Waals surface area contributed by atoms with E-state index in [9.17, 15) is 4.79 Å². The van der Waals surface area contributed by atoms with E-state index in [-0.39, 0.29) is 17.3 Å². The van der Waals surface area contributed by atoms with Gasteiger partial charge in [-0.05, 0) is 36.4 Å². The summed E-state index contributed by atoms with van der Waals surface area (Å²) in [6.45, 7) is 0. The summed E-state index contributed by atoms with van der Waals surface area (Å²) >= 11 is 5.94. The molecule has 140 valence electrons. The molecule has 0 radical (unpaired) electrons. The number of anilines is 1. The number of benzene rings is 2. The first kappa shape index (κ1) is 18.6. The Labute approximate surface area is 161 Å². The SMILES string of the molecule is COc1cc(C(=O)c2c(N)ncn2-c2ccc(Cl)cc2)cc(OC)c1OC. The second-order valence-corrected chi connectivity index (χ2v) is 6.00. The predicted molar refractivity (Wildman–Crippen MR) is 103 cm³/mol. The number of ether oxygens (including phenoxy) is 3. The van der Waals surface area contributed by atoms with E-state index in [1.54, 1.807) is 41.0 Å². The molecule has 7 nitrogen and oxygen atoms in total. The molecular weight excluding hydrogens is 370 g/mol. The van der Waals surface area contributed by atoms with E-state index in [2.05, 4.69) is 4.98 Å². The van der Waals surface area contributed by atoms with Crippen molar-refractivity contribution < 1.29 is 19.0 Å². The van der Waals surface area contributed by atoms with Crippen LogP contribution >= 0.6 is 11.6 Å². The minimum absolute atomic E-state index is 0.115. The first-order valence-electron chi connectivity index (χ1n) is 7.93. The highest BCUT2D eigenvalue weighted by Gasteiger charge is 2.23. The molecule has 3 aromatic rings. The zero-order valence-corrected chi connectivity index (χ0v) is 15.8. The van der Waals surface area contributed by atoms with E-state index in [0.29, 0.717) is 33.5 Å². The quantitative estimate of drug-likeness (QED) is 0.652. The van der Waals surface area contributed by atoms with Crippen LogP contribution in [-0.2, 0) is 0 Å². The Kier molecular flexibility index (Phi) is 5.23. The molecular formula is C19H18ClN3O4. The molecule has 27 heavy (non-hydrogen) atoms. The van der Waals surface area contributed by atoms with Crippen molar-refractivity contribution in [1.82, 2.24) is 9.55 Å². The number of rotatable bonds is 6. The Hall–Kier alpha value is -3.19. The smallest absolute Gasteiger partial charge is 0.213 e. The number of imidazole rings is 1. The van der Waals surface area contributed by atoms with Crippen LogP contribution in [-0.4, -0.2) is 36.7 Å². The third-order valence-electron chi connectivity index (χ3n) is 4.04. The lowest BCUT2D eigenvalue weighted by Gasteiger charge is -2.14. The number of methoxy groups -OCH3 is 3. The second-order valence-electron chi connectivity index (χ2n) is 5.57. The molecule has 0 aliphatic carbocycles. The third kappa shape index (κ3) is 3.41. The minimum atomic E-state index is -0.334. The maximum absolute atomic E-state index is 13.2. The molecule has 0 atom stereocenters. The van der Waals surface area contributed by atoms with Gasteiger partial charge in [-0.3, -0.25) is 9.36 Å². The van der Waals surface area contributed by atoms with Gasteiger partial charge in [0.2, 0.25) is 11.5 Å². The maximum atomic E-state index is 13.2. The van der Waals surface area contributed by atoms with E-state index >= 15 is 0 Å². The summed E-state index contributed by atoms with van der Waals surface area (Å²) < 4.78 is 17.5. The molecule has 0 saturated carbocycles. The van der Waals surface area contributed by atoms with Crippen molar-refractivity contribution in [2.24, 2.45) is 0 Å². The minimum Gasteiger partial charge on any atom is -0.493 e. The lowest BCUT2D eigenvalue weighted by atomic mass is 10.1. The van der Waals surface area contributed by atoms with Gasteiger partial charge in [0.25, 0.3) is 0 Å². The lowest BCUT2D eigenvalue weighted by molar-refractivity contribution is 0.103. The number of hydrogen-bond donors (Lipinski definition) is 1. The van der Waals surface area contributed by atoms with Crippen molar-refractivity contribution in [3.63, 3.8) is 0 Å². The average molecular weight is 388 g/mol. The van der Waals surface area contributed by atoms with Gasteiger partial charge in [0, 0.05) is 16.3 Å². The van der Waals surface area contributed by atoms with Gasteiger partial charge in [-0.1, -0.05) is 11.6 Å². The summed E-state index contributed by atoms with van der Waals surface area (Å²) in [6, 6.07) is 10.1. The highest BCUT2D eigenvalue weighted by atomic mass is 35.5. The average Bonchev–Trinajstić information content (AvgIpc) is 3.08. The van der Waals surface area contributed by atoms with Crippen molar-refractivity contribution in [2.75, 3.05) is 27.1 Å².